The maximum atomic E-state index is 12.7. The number of carbonyl (C=O) groups is 3. The van der Waals surface area contributed by atoms with Crippen LogP contribution in [0, 0.1) is 24.2 Å². The van der Waals surface area contributed by atoms with Crippen LogP contribution in [0.1, 0.15) is 26.7 Å². The molecule has 0 bridgehead atoms. The fourth-order valence-electron chi connectivity index (χ4n) is 2.03. The summed E-state index contributed by atoms with van der Waals surface area (Å²) in [4.78, 5) is 37.9. The lowest BCUT2D eigenvalue weighted by Crippen LogP contribution is -2.54. The van der Waals surface area contributed by atoms with E-state index in [4.69, 9.17) is 6.42 Å². The van der Waals surface area contributed by atoms with Crippen LogP contribution in [0.5, 0.6) is 0 Å². The van der Waals surface area contributed by atoms with Crippen LogP contribution in [0.4, 0.5) is 0 Å². The minimum absolute atomic E-state index is 0.157. The molecule has 1 amide bonds. The first kappa shape index (κ1) is 22.2. The molecule has 7 heteroatoms. The summed E-state index contributed by atoms with van der Waals surface area (Å²) in [5, 5.41) is 5.18. The van der Waals surface area contributed by atoms with Gasteiger partial charge in [0, 0.05) is 12.8 Å². The third kappa shape index (κ3) is 6.76. The molecular weight excluding hydrogens is 326 g/mol. The maximum Gasteiger partial charge on any atom is 0.241 e. The largest absolute Gasteiger partial charge is 0.323 e. The highest BCUT2D eigenvalue weighted by atomic mass is 32.1. The van der Waals surface area contributed by atoms with Crippen LogP contribution in [0.2, 0.25) is 0 Å². The number of carbonyl (C=O) groups excluding carboxylic acids is 3. The van der Waals surface area contributed by atoms with E-state index in [0.29, 0.717) is 6.42 Å². The lowest BCUT2D eigenvalue weighted by molar-refractivity contribution is -0.141. The molecule has 132 valence electrons. The van der Waals surface area contributed by atoms with Gasteiger partial charge in [0.15, 0.2) is 5.78 Å². The number of Topliss-reactive ketones (excluding diaryl/α,β-unsaturated/α-hetero) is 1. The van der Waals surface area contributed by atoms with E-state index in [1.807, 2.05) is 0 Å². The second kappa shape index (κ2) is 11.7. The van der Waals surface area contributed by atoms with Gasteiger partial charge in [0.25, 0.3) is 0 Å². The van der Waals surface area contributed by atoms with Crippen LogP contribution >= 0.6 is 12.6 Å². The van der Waals surface area contributed by atoms with Crippen LogP contribution in [-0.2, 0) is 14.4 Å². The van der Waals surface area contributed by atoms with Crippen molar-refractivity contribution >= 4 is 29.4 Å². The molecule has 2 N–H and O–H groups in total. The smallest absolute Gasteiger partial charge is 0.241 e. The molecular formula is C17H25N3O3S. The van der Waals surface area contributed by atoms with Crippen molar-refractivity contribution in [3.8, 4) is 24.2 Å². The Labute approximate surface area is 149 Å². The molecule has 6 nitrogen and oxygen atoms in total. The summed E-state index contributed by atoms with van der Waals surface area (Å²) >= 11 is 3.79. The Morgan fingerprint density at radius 2 is 1.75 bits per heavy atom. The van der Waals surface area contributed by atoms with E-state index < -0.39 is 29.1 Å². The van der Waals surface area contributed by atoms with E-state index >= 15 is 0 Å². The SMILES string of the molecule is C#CC[C@@H](NC)C(=O)N(CC(=O)[C@@H](CC#CC)NC)[C@H](C)C(=O)S. The molecule has 0 radical (unpaired) electrons. The fourth-order valence-corrected chi connectivity index (χ4v) is 2.17. The number of ketones is 1. The summed E-state index contributed by atoms with van der Waals surface area (Å²) in [5.74, 6) is 7.33. The molecule has 24 heavy (non-hydrogen) atoms. The summed E-state index contributed by atoms with van der Waals surface area (Å²) in [6, 6.07) is -2.02. The first-order valence-electron chi connectivity index (χ1n) is 7.57. The molecule has 3 atom stereocenters. The minimum Gasteiger partial charge on any atom is -0.323 e. The highest BCUT2D eigenvalue weighted by molar-refractivity contribution is 7.96. The van der Waals surface area contributed by atoms with Gasteiger partial charge in [0.05, 0.1) is 24.7 Å². The average molecular weight is 351 g/mol. The number of hydrogen-bond donors (Lipinski definition) is 3. The summed E-state index contributed by atoms with van der Waals surface area (Å²) < 4.78 is 0. The number of hydrogen-bond acceptors (Lipinski definition) is 5. The average Bonchev–Trinajstić information content (AvgIpc) is 2.56. The second-order valence-corrected chi connectivity index (χ2v) is 5.61. The zero-order chi connectivity index (χ0) is 18.7. The lowest BCUT2D eigenvalue weighted by Gasteiger charge is -2.30. The van der Waals surface area contributed by atoms with Crippen molar-refractivity contribution in [1.29, 1.82) is 0 Å². The van der Waals surface area contributed by atoms with Gasteiger partial charge in [-0.05, 0) is 27.9 Å². The standard InChI is InChI=1S/C17H25N3O3S/c1-6-8-10-13(18-4)15(21)11-20(12(3)17(23)24)16(22)14(19-5)9-7-2/h2,12-14,18-19H,9-11H2,1,3-5H3,(H,23,24)/t12-,13-,14-/m1/s1. The van der Waals surface area contributed by atoms with Gasteiger partial charge in [-0.2, -0.15) is 0 Å². The molecule has 0 saturated heterocycles. The summed E-state index contributed by atoms with van der Waals surface area (Å²) in [5.41, 5.74) is 0. The fraction of sp³-hybridized carbons (Fsp3) is 0.588. The molecule has 0 heterocycles. The van der Waals surface area contributed by atoms with Crippen molar-refractivity contribution in [2.45, 2.75) is 44.8 Å². The van der Waals surface area contributed by atoms with Crippen LogP contribution in [0.3, 0.4) is 0 Å². The van der Waals surface area contributed by atoms with Crippen LogP contribution < -0.4 is 10.6 Å². The molecule has 0 aromatic heterocycles. The predicted molar refractivity (Wildman–Crippen MR) is 97.4 cm³/mol. The Balaban J connectivity index is 5.37. The van der Waals surface area contributed by atoms with Gasteiger partial charge >= 0.3 is 0 Å². The molecule has 0 aliphatic heterocycles. The van der Waals surface area contributed by atoms with Crippen molar-refractivity contribution < 1.29 is 14.4 Å². The minimum atomic E-state index is -0.840. The molecule has 0 saturated carbocycles. The van der Waals surface area contributed by atoms with Crippen molar-refractivity contribution in [2.24, 2.45) is 0 Å². The topological polar surface area (TPSA) is 78.5 Å². The van der Waals surface area contributed by atoms with E-state index in [2.05, 4.69) is 41.0 Å². The highest BCUT2D eigenvalue weighted by Gasteiger charge is 2.31. The first-order valence-corrected chi connectivity index (χ1v) is 8.02. The molecule has 0 aliphatic rings. The van der Waals surface area contributed by atoms with Gasteiger partial charge < -0.3 is 15.5 Å². The Morgan fingerprint density at radius 3 is 2.17 bits per heavy atom. The number of rotatable bonds is 10. The first-order chi connectivity index (χ1) is 11.3. The van der Waals surface area contributed by atoms with Gasteiger partial charge in [-0.1, -0.05) is 0 Å². The molecule has 0 spiro atoms. The molecule has 0 unspecified atom stereocenters. The summed E-state index contributed by atoms with van der Waals surface area (Å²) in [6.07, 6.45) is 5.76. The molecule has 0 aliphatic carbocycles. The van der Waals surface area contributed by atoms with Crippen LogP contribution in [-0.4, -0.2) is 60.5 Å². The van der Waals surface area contributed by atoms with Crippen molar-refractivity contribution in [3.63, 3.8) is 0 Å². The number of nitrogens with one attached hydrogen (secondary N) is 2. The zero-order valence-electron chi connectivity index (χ0n) is 14.5. The Morgan fingerprint density at radius 1 is 1.17 bits per heavy atom. The van der Waals surface area contributed by atoms with Crippen molar-refractivity contribution in [1.82, 2.24) is 15.5 Å². The van der Waals surface area contributed by atoms with Crippen molar-refractivity contribution in [2.75, 3.05) is 20.6 Å². The number of amides is 1. The van der Waals surface area contributed by atoms with Crippen molar-refractivity contribution in [3.05, 3.63) is 0 Å². The number of nitrogens with zero attached hydrogens (tertiary/aromatic N) is 1. The predicted octanol–water partition coefficient (Wildman–Crippen LogP) is -0.158. The van der Waals surface area contributed by atoms with Gasteiger partial charge in [0.2, 0.25) is 11.0 Å². The number of thiol groups is 1. The lowest BCUT2D eigenvalue weighted by atomic mass is 10.1. The van der Waals surface area contributed by atoms with E-state index in [1.165, 1.54) is 11.8 Å². The quantitative estimate of drug-likeness (QED) is 0.377. The van der Waals surface area contributed by atoms with Gasteiger partial charge in [0.1, 0.15) is 0 Å². The normalized spacial score (nSPS) is 13.7. The third-order valence-corrected chi connectivity index (χ3v) is 4.00. The van der Waals surface area contributed by atoms with E-state index in [0.717, 1.165) is 0 Å². The van der Waals surface area contributed by atoms with E-state index in [1.54, 1.807) is 21.0 Å². The molecule has 0 aromatic carbocycles. The monoisotopic (exact) mass is 351 g/mol. The second-order valence-electron chi connectivity index (χ2n) is 5.17. The van der Waals surface area contributed by atoms with Crippen LogP contribution in [0.15, 0.2) is 0 Å². The number of likely N-dealkylation sites (N-methyl/N-ethyl adjacent to an activating group) is 2. The molecule has 0 aromatic rings. The van der Waals surface area contributed by atoms with Crippen LogP contribution in [0.25, 0.3) is 0 Å². The summed E-state index contributed by atoms with van der Waals surface area (Å²) in [6.45, 7) is 3.00. The molecule has 0 fully saturated rings. The zero-order valence-corrected chi connectivity index (χ0v) is 15.4. The molecule has 0 rings (SSSR count). The van der Waals surface area contributed by atoms with Gasteiger partial charge in [-0.25, -0.2) is 0 Å². The van der Waals surface area contributed by atoms with Gasteiger partial charge in [-0.15, -0.1) is 36.8 Å². The maximum absolute atomic E-state index is 12.7. The van der Waals surface area contributed by atoms with E-state index in [9.17, 15) is 14.4 Å². The third-order valence-electron chi connectivity index (χ3n) is 3.62. The Hall–Kier alpha value is -1.80. The highest BCUT2D eigenvalue weighted by Crippen LogP contribution is 2.09. The van der Waals surface area contributed by atoms with Gasteiger partial charge in [-0.3, -0.25) is 14.4 Å². The number of terminal acetylenes is 1. The summed E-state index contributed by atoms with van der Waals surface area (Å²) in [7, 11) is 3.24. The van der Waals surface area contributed by atoms with E-state index in [-0.39, 0.29) is 18.7 Å². The Kier molecular flexibility index (Phi) is 10.8. The Bertz CT molecular complexity index is 560.